The van der Waals surface area contributed by atoms with Gasteiger partial charge in [-0.3, -0.25) is 9.78 Å². The van der Waals surface area contributed by atoms with E-state index in [0.717, 1.165) is 28.0 Å². The van der Waals surface area contributed by atoms with E-state index in [1.165, 1.54) is 0 Å². The fraction of sp³-hybridized carbons (Fsp3) is 0. The van der Waals surface area contributed by atoms with Crippen LogP contribution in [0.15, 0.2) is 90.1 Å². The van der Waals surface area contributed by atoms with Crippen molar-refractivity contribution in [1.29, 1.82) is 0 Å². The van der Waals surface area contributed by atoms with Crippen molar-refractivity contribution in [3.63, 3.8) is 0 Å². The van der Waals surface area contributed by atoms with E-state index >= 15 is 0 Å². The maximum absolute atomic E-state index is 12.4. The number of pyridine rings is 1. The smallest absolute Gasteiger partial charge is 0.274 e. The van der Waals surface area contributed by atoms with Gasteiger partial charge in [0.1, 0.15) is 11.4 Å². The molecule has 144 valence electrons. The van der Waals surface area contributed by atoms with Gasteiger partial charge in [0.15, 0.2) is 0 Å². The highest BCUT2D eigenvalue weighted by Gasteiger charge is 2.11. The van der Waals surface area contributed by atoms with Gasteiger partial charge in [-0.15, -0.1) is 0 Å². The number of rotatable bonds is 4. The number of para-hydroxylation sites is 3. The Balaban J connectivity index is 1.60. The normalized spacial score (nSPS) is 11.3. The third kappa shape index (κ3) is 3.42. The van der Waals surface area contributed by atoms with Crippen molar-refractivity contribution in [3.05, 3.63) is 107 Å². The van der Waals surface area contributed by atoms with Crippen LogP contribution < -0.4 is 5.56 Å². The van der Waals surface area contributed by atoms with Gasteiger partial charge in [-0.1, -0.05) is 30.3 Å². The zero-order valence-electron chi connectivity index (χ0n) is 15.9. The maximum atomic E-state index is 12.4. The molecule has 0 amide bonds. The van der Waals surface area contributed by atoms with Gasteiger partial charge in [0.25, 0.3) is 5.56 Å². The fourth-order valence-corrected chi connectivity index (χ4v) is 3.28. The molecule has 0 bridgehead atoms. The van der Waals surface area contributed by atoms with E-state index in [9.17, 15) is 4.79 Å². The Hall–Kier alpha value is -4.32. The topological polar surface area (TPSA) is 76.5 Å². The quantitative estimate of drug-likeness (QED) is 0.494. The van der Waals surface area contributed by atoms with Gasteiger partial charge in [0, 0.05) is 29.7 Å². The largest absolute Gasteiger partial charge is 0.319 e. The number of aromatic amines is 1. The Labute approximate surface area is 172 Å². The monoisotopic (exact) mass is 391 g/mol. The molecule has 0 saturated carbocycles. The summed E-state index contributed by atoms with van der Waals surface area (Å²) in [6.45, 7) is 0. The van der Waals surface area contributed by atoms with E-state index in [4.69, 9.17) is 5.10 Å². The van der Waals surface area contributed by atoms with Crippen molar-refractivity contribution in [1.82, 2.24) is 24.7 Å². The fourth-order valence-electron chi connectivity index (χ4n) is 3.28. The standard InChI is InChI=1S/C24H17N5O/c30-24-22(26-20-8-4-5-9-21(20)27-24)11-10-18-16-29(19-6-2-1-3-7-19)28-23(18)17-12-14-25-15-13-17/h1-16H,(H,27,30)/b11-10+. The molecule has 3 aromatic heterocycles. The highest BCUT2D eigenvalue weighted by molar-refractivity contribution is 5.80. The van der Waals surface area contributed by atoms with Crippen LogP contribution in [0.25, 0.3) is 40.1 Å². The average Bonchev–Trinajstić information content (AvgIpc) is 3.23. The molecule has 0 radical (unpaired) electrons. The lowest BCUT2D eigenvalue weighted by atomic mass is 10.1. The molecule has 0 spiro atoms. The summed E-state index contributed by atoms with van der Waals surface area (Å²) in [6, 6.07) is 21.2. The molecule has 5 aromatic rings. The zero-order valence-corrected chi connectivity index (χ0v) is 15.9. The third-order valence-electron chi connectivity index (χ3n) is 4.76. The van der Waals surface area contributed by atoms with Crippen molar-refractivity contribution in [3.8, 4) is 16.9 Å². The molecule has 5 rings (SSSR count). The summed E-state index contributed by atoms with van der Waals surface area (Å²) >= 11 is 0. The Morgan fingerprint density at radius 2 is 1.63 bits per heavy atom. The highest BCUT2D eigenvalue weighted by Crippen LogP contribution is 2.24. The van der Waals surface area contributed by atoms with E-state index in [2.05, 4.69) is 15.0 Å². The molecule has 0 aliphatic rings. The lowest BCUT2D eigenvalue weighted by Gasteiger charge is -2.00. The number of H-pyrrole nitrogens is 1. The van der Waals surface area contributed by atoms with E-state index in [0.29, 0.717) is 11.2 Å². The van der Waals surface area contributed by atoms with E-state index in [1.54, 1.807) is 18.5 Å². The molecule has 0 fully saturated rings. The van der Waals surface area contributed by atoms with Gasteiger partial charge in [-0.2, -0.15) is 5.10 Å². The van der Waals surface area contributed by atoms with E-state index < -0.39 is 0 Å². The first-order chi connectivity index (χ1) is 14.8. The zero-order chi connectivity index (χ0) is 20.3. The molecule has 2 aromatic carbocycles. The predicted molar refractivity (Wildman–Crippen MR) is 118 cm³/mol. The molecule has 1 N–H and O–H groups in total. The second-order valence-corrected chi connectivity index (χ2v) is 6.75. The number of nitrogens with one attached hydrogen (secondary N) is 1. The molecule has 0 aliphatic carbocycles. The van der Waals surface area contributed by atoms with E-state index in [-0.39, 0.29) is 5.56 Å². The second kappa shape index (κ2) is 7.60. The summed E-state index contributed by atoms with van der Waals surface area (Å²) in [4.78, 5) is 23.9. The van der Waals surface area contributed by atoms with Crippen molar-refractivity contribution < 1.29 is 0 Å². The Morgan fingerprint density at radius 1 is 0.867 bits per heavy atom. The second-order valence-electron chi connectivity index (χ2n) is 6.75. The lowest BCUT2D eigenvalue weighted by Crippen LogP contribution is -2.11. The van der Waals surface area contributed by atoms with Crippen LogP contribution in [0.3, 0.4) is 0 Å². The minimum Gasteiger partial charge on any atom is -0.319 e. The van der Waals surface area contributed by atoms with Gasteiger partial charge in [0.2, 0.25) is 0 Å². The number of hydrogen-bond acceptors (Lipinski definition) is 4. The van der Waals surface area contributed by atoms with Crippen LogP contribution >= 0.6 is 0 Å². The van der Waals surface area contributed by atoms with Crippen LogP contribution in [0.1, 0.15) is 11.3 Å². The minimum absolute atomic E-state index is 0.231. The molecule has 0 saturated heterocycles. The summed E-state index contributed by atoms with van der Waals surface area (Å²) in [5.74, 6) is 0. The van der Waals surface area contributed by atoms with Crippen molar-refractivity contribution >= 4 is 23.2 Å². The Morgan fingerprint density at radius 3 is 2.47 bits per heavy atom. The minimum atomic E-state index is -0.231. The molecule has 3 heterocycles. The van der Waals surface area contributed by atoms with Crippen LogP contribution in [-0.2, 0) is 0 Å². The van der Waals surface area contributed by atoms with Crippen LogP contribution in [0.2, 0.25) is 0 Å². The summed E-state index contributed by atoms with van der Waals surface area (Å²) in [6.07, 6.45) is 9.01. The molecule has 0 aliphatic heterocycles. The van der Waals surface area contributed by atoms with Gasteiger partial charge >= 0.3 is 0 Å². The summed E-state index contributed by atoms with van der Waals surface area (Å²) in [5.41, 5.74) is 5.15. The predicted octanol–water partition coefficient (Wildman–Crippen LogP) is 4.34. The van der Waals surface area contributed by atoms with Crippen LogP contribution in [0.4, 0.5) is 0 Å². The number of fused-ring (bicyclic) bond motifs is 1. The van der Waals surface area contributed by atoms with Gasteiger partial charge in [-0.25, -0.2) is 9.67 Å². The first-order valence-electron chi connectivity index (χ1n) is 9.50. The number of nitrogens with zero attached hydrogens (tertiary/aromatic N) is 4. The molecule has 30 heavy (non-hydrogen) atoms. The molecule has 0 atom stereocenters. The first kappa shape index (κ1) is 17.8. The van der Waals surface area contributed by atoms with Crippen molar-refractivity contribution in [2.45, 2.75) is 0 Å². The lowest BCUT2D eigenvalue weighted by molar-refractivity contribution is 0.884. The van der Waals surface area contributed by atoms with Crippen LogP contribution in [0.5, 0.6) is 0 Å². The molecule has 6 nitrogen and oxygen atoms in total. The number of hydrogen-bond donors (Lipinski definition) is 1. The molecular formula is C24H17N5O. The molecule has 6 heteroatoms. The Kier molecular flexibility index (Phi) is 4.50. The number of benzene rings is 2. The summed E-state index contributed by atoms with van der Waals surface area (Å²) < 4.78 is 1.83. The van der Waals surface area contributed by atoms with Crippen molar-refractivity contribution in [2.75, 3.05) is 0 Å². The molecule has 0 unspecified atom stereocenters. The molecular weight excluding hydrogens is 374 g/mol. The van der Waals surface area contributed by atoms with Crippen LogP contribution in [-0.4, -0.2) is 24.7 Å². The SMILES string of the molecule is O=c1[nH]c2ccccc2nc1/C=C/c1cn(-c2ccccc2)nc1-c1ccncc1. The Bertz CT molecular complexity index is 1400. The first-order valence-corrected chi connectivity index (χ1v) is 9.50. The third-order valence-corrected chi connectivity index (χ3v) is 4.76. The highest BCUT2D eigenvalue weighted by atomic mass is 16.1. The van der Waals surface area contributed by atoms with Gasteiger partial charge in [0.05, 0.1) is 16.7 Å². The average molecular weight is 391 g/mol. The van der Waals surface area contributed by atoms with Gasteiger partial charge < -0.3 is 4.98 Å². The van der Waals surface area contributed by atoms with Crippen LogP contribution in [0, 0.1) is 0 Å². The maximum Gasteiger partial charge on any atom is 0.274 e. The number of aromatic nitrogens is 5. The summed E-state index contributed by atoms with van der Waals surface area (Å²) in [7, 11) is 0. The van der Waals surface area contributed by atoms with Gasteiger partial charge in [-0.05, 0) is 48.6 Å². The van der Waals surface area contributed by atoms with Crippen molar-refractivity contribution in [2.24, 2.45) is 0 Å². The van der Waals surface area contributed by atoms with E-state index in [1.807, 2.05) is 83.7 Å². The summed E-state index contributed by atoms with van der Waals surface area (Å²) in [5, 5.41) is 4.77.